The third-order valence-electron chi connectivity index (χ3n) is 5.32. The van der Waals surface area contributed by atoms with Gasteiger partial charge in [-0.1, -0.05) is 23.5 Å². The average molecular weight is 380 g/mol. The predicted octanol–water partition coefficient (Wildman–Crippen LogP) is 2.65. The number of pyridine rings is 1. The predicted molar refractivity (Wildman–Crippen MR) is 104 cm³/mol. The molecule has 2 saturated heterocycles. The van der Waals surface area contributed by atoms with Crippen molar-refractivity contribution in [2.24, 2.45) is 0 Å². The van der Waals surface area contributed by atoms with Gasteiger partial charge >= 0.3 is 0 Å². The second-order valence-corrected chi connectivity index (χ2v) is 8.54. The van der Waals surface area contributed by atoms with Gasteiger partial charge in [-0.05, 0) is 30.9 Å². The monoisotopic (exact) mass is 380 g/mol. The number of aryl methyl sites for hydroxylation is 1. The first-order valence-electron chi connectivity index (χ1n) is 9.20. The highest BCUT2D eigenvalue weighted by Crippen LogP contribution is 2.28. The van der Waals surface area contributed by atoms with Gasteiger partial charge in [-0.15, -0.1) is 10.2 Å². The molecule has 2 fully saturated rings. The Morgan fingerprint density at radius 3 is 2.96 bits per heavy atom. The summed E-state index contributed by atoms with van der Waals surface area (Å²) < 4.78 is 5.61. The minimum atomic E-state index is 0.213. The third-order valence-corrected chi connectivity index (χ3v) is 6.21. The molecule has 0 spiro atoms. The number of aromatic nitrogens is 3. The zero-order chi connectivity index (χ0) is 18.4. The molecule has 138 valence electrons. The van der Waals surface area contributed by atoms with Crippen molar-refractivity contribution in [2.45, 2.75) is 31.9 Å². The van der Waals surface area contributed by atoms with Gasteiger partial charge in [0.2, 0.25) is 0 Å². The highest BCUT2D eigenvalue weighted by atomic mass is 32.1. The summed E-state index contributed by atoms with van der Waals surface area (Å²) in [7, 11) is 0. The van der Waals surface area contributed by atoms with Gasteiger partial charge in [-0.25, -0.2) is 0 Å². The molecule has 2 aromatic heterocycles. The molecule has 7 heteroatoms. The Morgan fingerprint density at radius 1 is 1.30 bits per heavy atom. The zero-order valence-corrected chi connectivity index (χ0v) is 15.9. The minimum Gasteiger partial charge on any atom is -0.375 e. The number of carbonyl (C=O) groups excluding carboxylic acids is 1. The molecular formula is C20H20N4O2S. The number of Topliss-reactive ketones (excluding diaryl/α,β-unsaturated/α-hetero) is 1. The molecule has 2 atom stereocenters. The van der Waals surface area contributed by atoms with Gasteiger partial charge in [0.1, 0.15) is 10.0 Å². The third kappa shape index (κ3) is 3.38. The van der Waals surface area contributed by atoms with Gasteiger partial charge in [-0.3, -0.25) is 14.7 Å². The van der Waals surface area contributed by atoms with Crippen molar-refractivity contribution >= 4 is 27.9 Å². The van der Waals surface area contributed by atoms with Crippen molar-refractivity contribution < 1.29 is 9.53 Å². The molecule has 0 N–H and O–H groups in total. The normalized spacial score (nSPS) is 22.0. The smallest absolute Gasteiger partial charge is 0.152 e. The summed E-state index contributed by atoms with van der Waals surface area (Å²) in [6, 6.07) is 8.62. The summed E-state index contributed by atoms with van der Waals surface area (Å²) >= 11 is 1.58. The molecule has 2 bridgehead atoms. The summed E-state index contributed by atoms with van der Waals surface area (Å²) in [6.07, 6.45) is 3.60. The lowest BCUT2D eigenvalue weighted by atomic mass is 10.1. The number of benzene rings is 1. The van der Waals surface area contributed by atoms with Crippen molar-refractivity contribution in [3.8, 4) is 10.6 Å². The van der Waals surface area contributed by atoms with Gasteiger partial charge in [-0.2, -0.15) is 0 Å². The van der Waals surface area contributed by atoms with E-state index < -0.39 is 0 Å². The fourth-order valence-corrected chi connectivity index (χ4v) is 4.67. The van der Waals surface area contributed by atoms with Crippen molar-refractivity contribution in [1.82, 2.24) is 20.1 Å². The van der Waals surface area contributed by atoms with E-state index in [0.717, 1.165) is 51.6 Å². The van der Waals surface area contributed by atoms with Crippen LogP contribution in [0.5, 0.6) is 0 Å². The van der Waals surface area contributed by atoms with Crippen LogP contribution < -0.4 is 0 Å². The fourth-order valence-electron chi connectivity index (χ4n) is 3.99. The highest BCUT2D eigenvalue weighted by Gasteiger charge is 2.39. The number of rotatable bonds is 5. The Kier molecular flexibility index (Phi) is 4.22. The van der Waals surface area contributed by atoms with Crippen molar-refractivity contribution in [3.05, 3.63) is 41.2 Å². The Balaban J connectivity index is 1.33. The second kappa shape index (κ2) is 6.74. The number of morpholine rings is 1. The Morgan fingerprint density at radius 2 is 2.22 bits per heavy atom. The van der Waals surface area contributed by atoms with E-state index in [4.69, 9.17) is 4.74 Å². The topological polar surface area (TPSA) is 68.2 Å². The number of ketones is 1. The lowest BCUT2D eigenvalue weighted by Gasteiger charge is -2.25. The van der Waals surface area contributed by atoms with E-state index in [1.54, 1.807) is 11.3 Å². The van der Waals surface area contributed by atoms with Crippen LogP contribution in [-0.4, -0.2) is 57.7 Å². The van der Waals surface area contributed by atoms with Crippen LogP contribution in [0.2, 0.25) is 0 Å². The standard InChI is InChI=1S/C20H20N4O2S/c1-12-22-23-20(27-12)13-2-3-14-8-21-16(5-15(14)4-13)6-18(25)9-24-10-19-7-17(24)11-26-19/h2-5,8,17,19H,6-7,9-11H2,1H3/t17-,19-/m0/s1. The van der Waals surface area contributed by atoms with Gasteiger partial charge in [0, 0.05) is 35.4 Å². The number of hydrogen-bond donors (Lipinski definition) is 0. The van der Waals surface area contributed by atoms with E-state index in [1.165, 1.54) is 0 Å². The van der Waals surface area contributed by atoms with Crippen LogP contribution in [0.4, 0.5) is 0 Å². The summed E-state index contributed by atoms with van der Waals surface area (Å²) in [5, 5.41) is 12.3. The number of fused-ring (bicyclic) bond motifs is 3. The van der Waals surface area contributed by atoms with E-state index in [0.29, 0.717) is 25.1 Å². The molecule has 2 aliphatic rings. The number of hydrogen-bond acceptors (Lipinski definition) is 7. The Hall–Kier alpha value is -2.22. The first-order valence-corrected chi connectivity index (χ1v) is 10.0. The number of carbonyl (C=O) groups is 1. The maximum Gasteiger partial charge on any atom is 0.152 e. The van der Waals surface area contributed by atoms with E-state index in [9.17, 15) is 4.79 Å². The van der Waals surface area contributed by atoms with Gasteiger partial charge in [0.15, 0.2) is 5.78 Å². The molecule has 5 rings (SSSR count). The van der Waals surface area contributed by atoms with Gasteiger partial charge in [0.05, 0.1) is 25.7 Å². The summed E-state index contributed by atoms with van der Waals surface area (Å²) in [4.78, 5) is 19.3. The first kappa shape index (κ1) is 16.9. The molecule has 3 aromatic rings. The van der Waals surface area contributed by atoms with Crippen molar-refractivity contribution in [3.63, 3.8) is 0 Å². The number of nitrogens with zero attached hydrogens (tertiary/aromatic N) is 4. The maximum absolute atomic E-state index is 12.5. The van der Waals surface area contributed by atoms with Crippen LogP contribution in [-0.2, 0) is 16.0 Å². The zero-order valence-electron chi connectivity index (χ0n) is 15.1. The highest BCUT2D eigenvalue weighted by molar-refractivity contribution is 7.14. The molecule has 0 unspecified atom stereocenters. The molecule has 0 radical (unpaired) electrons. The Labute approximate surface area is 161 Å². The molecule has 2 aliphatic heterocycles. The van der Waals surface area contributed by atoms with Crippen LogP contribution in [0.3, 0.4) is 0 Å². The van der Waals surface area contributed by atoms with Crippen LogP contribution in [0.25, 0.3) is 21.3 Å². The van der Waals surface area contributed by atoms with Crippen molar-refractivity contribution in [1.29, 1.82) is 0 Å². The molecule has 0 amide bonds. The maximum atomic E-state index is 12.5. The average Bonchev–Trinajstić information content (AvgIpc) is 3.38. The van der Waals surface area contributed by atoms with Crippen LogP contribution in [0.15, 0.2) is 30.5 Å². The molecule has 27 heavy (non-hydrogen) atoms. The molecule has 1 aromatic carbocycles. The van der Waals surface area contributed by atoms with Gasteiger partial charge < -0.3 is 4.74 Å². The minimum absolute atomic E-state index is 0.213. The fraction of sp³-hybridized carbons (Fsp3) is 0.400. The summed E-state index contributed by atoms with van der Waals surface area (Å²) in [5.41, 5.74) is 1.86. The SMILES string of the molecule is Cc1nnc(-c2ccc3cnc(CC(=O)CN4C[C@@H]5C[C@H]4CO5)cc3c2)s1. The number of ether oxygens (including phenoxy) is 1. The van der Waals surface area contributed by atoms with Crippen molar-refractivity contribution in [2.75, 3.05) is 19.7 Å². The quantitative estimate of drug-likeness (QED) is 0.678. The van der Waals surface area contributed by atoms with Gasteiger partial charge in [0.25, 0.3) is 0 Å². The van der Waals surface area contributed by atoms with Crippen LogP contribution in [0.1, 0.15) is 17.1 Å². The Bertz CT molecular complexity index is 1020. The van der Waals surface area contributed by atoms with E-state index in [2.05, 4.69) is 26.1 Å². The molecular weight excluding hydrogens is 360 g/mol. The van der Waals surface area contributed by atoms with E-state index in [1.807, 2.05) is 31.3 Å². The number of likely N-dealkylation sites (tertiary alicyclic amines) is 1. The lowest BCUT2D eigenvalue weighted by Crippen LogP contribution is -2.40. The van der Waals surface area contributed by atoms with E-state index in [-0.39, 0.29) is 5.78 Å². The van der Waals surface area contributed by atoms with Crippen LogP contribution >= 0.6 is 11.3 Å². The van der Waals surface area contributed by atoms with Crippen LogP contribution in [0, 0.1) is 6.92 Å². The second-order valence-electron chi connectivity index (χ2n) is 7.35. The molecule has 4 heterocycles. The molecule has 0 saturated carbocycles. The first-order chi connectivity index (χ1) is 13.1. The summed E-state index contributed by atoms with van der Waals surface area (Å²) in [5.74, 6) is 0.213. The summed E-state index contributed by atoms with van der Waals surface area (Å²) in [6.45, 7) is 4.09. The molecule has 0 aliphatic carbocycles. The molecule has 6 nitrogen and oxygen atoms in total. The largest absolute Gasteiger partial charge is 0.375 e. The lowest BCUT2D eigenvalue weighted by molar-refractivity contribution is -0.120. The van der Waals surface area contributed by atoms with E-state index >= 15 is 0 Å².